The lowest BCUT2D eigenvalue weighted by molar-refractivity contribution is 0.183. The summed E-state index contributed by atoms with van der Waals surface area (Å²) in [5.41, 5.74) is 5.44. The summed E-state index contributed by atoms with van der Waals surface area (Å²) in [7, 11) is 3.37. The Kier molecular flexibility index (Phi) is 8.34. The lowest BCUT2D eigenvalue weighted by atomic mass is 9.94. The first-order valence-corrected chi connectivity index (χ1v) is 13.6. The second kappa shape index (κ2) is 12.2. The zero-order valence-electron chi connectivity index (χ0n) is 22.7. The van der Waals surface area contributed by atoms with E-state index < -0.39 is 0 Å². The molecule has 0 N–H and O–H groups in total. The highest BCUT2D eigenvalue weighted by Crippen LogP contribution is 2.44. The largest absolute Gasteiger partial charge is 0.497 e. The summed E-state index contributed by atoms with van der Waals surface area (Å²) in [6, 6.07) is 24.5. The summed E-state index contributed by atoms with van der Waals surface area (Å²) in [6.45, 7) is 6.23. The molecule has 0 aliphatic carbocycles. The number of furan rings is 1. The molecule has 1 aliphatic rings. The zero-order chi connectivity index (χ0) is 26.3. The Morgan fingerprint density at radius 2 is 1.18 bits per heavy atom. The van der Waals surface area contributed by atoms with Crippen molar-refractivity contribution in [1.29, 1.82) is 0 Å². The number of piperidine rings is 1. The van der Waals surface area contributed by atoms with Gasteiger partial charge in [0.15, 0.2) is 0 Å². The lowest BCUT2D eigenvalue weighted by Crippen LogP contribution is -2.33. The highest BCUT2D eigenvalue weighted by Gasteiger charge is 2.23. The highest BCUT2D eigenvalue weighted by atomic mass is 16.5. The van der Waals surface area contributed by atoms with Gasteiger partial charge in [-0.05, 0) is 98.6 Å². The van der Waals surface area contributed by atoms with E-state index in [1.165, 1.54) is 37.9 Å². The van der Waals surface area contributed by atoms with E-state index in [1.807, 2.05) is 36.4 Å². The summed E-state index contributed by atoms with van der Waals surface area (Å²) >= 11 is 0. The number of ether oxygens (including phenoxy) is 3. The minimum atomic E-state index is 0.707. The second-order valence-corrected chi connectivity index (χ2v) is 9.70. The number of methoxy groups -OCH3 is 2. The highest BCUT2D eigenvalue weighted by molar-refractivity contribution is 5.88. The van der Waals surface area contributed by atoms with E-state index in [4.69, 9.17) is 18.6 Å². The SMILES string of the molecule is CCc1c(-c2ccc(OC)cc2)oc(-c2ccc(OCCN3CCCCC3)cc2)c1-c1ccc(OC)cc1. The molecular formula is C33H37NO4. The molecule has 38 heavy (non-hydrogen) atoms. The van der Waals surface area contributed by atoms with E-state index in [9.17, 15) is 0 Å². The molecule has 1 aromatic heterocycles. The van der Waals surface area contributed by atoms with Gasteiger partial charge >= 0.3 is 0 Å². The maximum Gasteiger partial charge on any atom is 0.142 e. The normalized spacial score (nSPS) is 13.9. The number of hydrogen-bond donors (Lipinski definition) is 0. The molecule has 1 fully saturated rings. The van der Waals surface area contributed by atoms with Gasteiger partial charge in [0.05, 0.1) is 14.2 Å². The molecule has 0 unspecified atom stereocenters. The van der Waals surface area contributed by atoms with E-state index in [-0.39, 0.29) is 0 Å². The third kappa shape index (κ3) is 5.73. The van der Waals surface area contributed by atoms with Crippen molar-refractivity contribution in [2.24, 2.45) is 0 Å². The van der Waals surface area contributed by atoms with Crippen LogP contribution in [-0.4, -0.2) is 45.4 Å². The third-order valence-corrected chi connectivity index (χ3v) is 7.33. The van der Waals surface area contributed by atoms with Crippen molar-refractivity contribution in [3.05, 3.63) is 78.4 Å². The van der Waals surface area contributed by atoms with Gasteiger partial charge in [-0.2, -0.15) is 0 Å². The van der Waals surface area contributed by atoms with Crippen LogP contribution in [0.1, 0.15) is 31.7 Å². The van der Waals surface area contributed by atoms with Gasteiger partial charge in [-0.25, -0.2) is 0 Å². The van der Waals surface area contributed by atoms with E-state index in [0.717, 1.165) is 64.0 Å². The number of likely N-dealkylation sites (tertiary alicyclic amines) is 1. The predicted octanol–water partition coefficient (Wildman–Crippen LogP) is 7.72. The van der Waals surface area contributed by atoms with Crippen molar-refractivity contribution in [3.63, 3.8) is 0 Å². The fraction of sp³-hybridized carbons (Fsp3) is 0.333. The molecule has 0 atom stereocenters. The van der Waals surface area contributed by atoms with Crippen molar-refractivity contribution >= 4 is 0 Å². The number of nitrogens with zero attached hydrogens (tertiary/aromatic N) is 1. The Hall–Kier alpha value is -3.70. The van der Waals surface area contributed by atoms with Crippen molar-refractivity contribution in [3.8, 4) is 51.0 Å². The van der Waals surface area contributed by atoms with Gasteiger partial charge < -0.3 is 18.6 Å². The van der Waals surface area contributed by atoms with Crippen molar-refractivity contribution in [1.82, 2.24) is 4.90 Å². The smallest absolute Gasteiger partial charge is 0.142 e. The van der Waals surface area contributed by atoms with E-state index in [2.05, 4.69) is 48.2 Å². The molecule has 5 heteroatoms. The quantitative estimate of drug-likeness (QED) is 0.218. The molecule has 2 heterocycles. The average molecular weight is 512 g/mol. The van der Waals surface area contributed by atoms with Crippen LogP contribution in [0.4, 0.5) is 0 Å². The first kappa shape index (κ1) is 25.9. The average Bonchev–Trinajstić information content (AvgIpc) is 3.38. The molecule has 0 radical (unpaired) electrons. The topological polar surface area (TPSA) is 44.1 Å². The first-order chi connectivity index (χ1) is 18.7. The zero-order valence-corrected chi connectivity index (χ0v) is 22.7. The van der Waals surface area contributed by atoms with Gasteiger partial charge in [0.25, 0.3) is 0 Å². The third-order valence-electron chi connectivity index (χ3n) is 7.33. The minimum Gasteiger partial charge on any atom is -0.497 e. The first-order valence-electron chi connectivity index (χ1n) is 13.6. The molecule has 1 saturated heterocycles. The fourth-order valence-corrected chi connectivity index (χ4v) is 5.22. The monoisotopic (exact) mass is 511 g/mol. The van der Waals surface area contributed by atoms with Crippen LogP contribution < -0.4 is 14.2 Å². The summed E-state index contributed by atoms with van der Waals surface area (Å²) in [6.07, 6.45) is 4.78. The van der Waals surface area contributed by atoms with Crippen LogP contribution in [0, 0.1) is 0 Å². The Balaban J connectivity index is 1.46. The standard InChI is InChI=1S/C33H37NO4/c1-4-30-31(24-8-14-27(35-2)15-9-24)33(38-32(30)25-10-16-28(36-3)17-11-25)26-12-18-29(19-13-26)37-23-22-34-20-6-5-7-21-34/h8-19H,4-7,20-23H2,1-3H3. The molecule has 5 rings (SSSR count). The van der Waals surface area contributed by atoms with Gasteiger partial charge in [-0.15, -0.1) is 0 Å². The molecule has 3 aromatic carbocycles. The van der Waals surface area contributed by atoms with Crippen LogP contribution in [0.5, 0.6) is 17.2 Å². The van der Waals surface area contributed by atoms with Crippen molar-refractivity contribution < 1.29 is 18.6 Å². The molecule has 0 bridgehead atoms. The van der Waals surface area contributed by atoms with E-state index in [0.29, 0.717) is 6.61 Å². The van der Waals surface area contributed by atoms with Crippen molar-refractivity contribution in [2.45, 2.75) is 32.6 Å². The molecule has 4 aromatic rings. The van der Waals surface area contributed by atoms with E-state index in [1.54, 1.807) is 14.2 Å². The van der Waals surface area contributed by atoms with Gasteiger partial charge in [-0.1, -0.05) is 25.5 Å². The maximum atomic E-state index is 6.67. The molecule has 0 amide bonds. The molecule has 0 saturated carbocycles. The Morgan fingerprint density at radius 1 is 0.658 bits per heavy atom. The van der Waals surface area contributed by atoms with Crippen LogP contribution in [-0.2, 0) is 6.42 Å². The summed E-state index contributed by atoms with van der Waals surface area (Å²) in [5.74, 6) is 4.29. The summed E-state index contributed by atoms with van der Waals surface area (Å²) in [4.78, 5) is 2.49. The number of hydrogen-bond acceptors (Lipinski definition) is 5. The number of benzene rings is 3. The Bertz CT molecular complexity index is 1300. The summed E-state index contributed by atoms with van der Waals surface area (Å²) in [5, 5.41) is 0. The second-order valence-electron chi connectivity index (χ2n) is 9.70. The lowest BCUT2D eigenvalue weighted by Gasteiger charge is -2.26. The minimum absolute atomic E-state index is 0.707. The Morgan fingerprint density at radius 3 is 1.74 bits per heavy atom. The summed E-state index contributed by atoms with van der Waals surface area (Å²) < 4.78 is 23.5. The van der Waals surface area contributed by atoms with Gasteiger partial charge in [-0.3, -0.25) is 4.90 Å². The molecule has 5 nitrogen and oxygen atoms in total. The van der Waals surface area contributed by atoms with Crippen LogP contribution in [0.15, 0.2) is 77.2 Å². The van der Waals surface area contributed by atoms with Crippen LogP contribution in [0.3, 0.4) is 0 Å². The van der Waals surface area contributed by atoms with E-state index >= 15 is 0 Å². The van der Waals surface area contributed by atoms with Gasteiger partial charge in [0.1, 0.15) is 35.4 Å². The number of rotatable bonds is 10. The van der Waals surface area contributed by atoms with Crippen molar-refractivity contribution in [2.75, 3.05) is 40.5 Å². The predicted molar refractivity (Wildman–Crippen MR) is 153 cm³/mol. The molecule has 198 valence electrons. The molecular weight excluding hydrogens is 474 g/mol. The van der Waals surface area contributed by atoms with Crippen LogP contribution >= 0.6 is 0 Å². The van der Waals surface area contributed by atoms with Gasteiger partial charge in [0, 0.05) is 28.8 Å². The van der Waals surface area contributed by atoms with Crippen LogP contribution in [0.2, 0.25) is 0 Å². The maximum absolute atomic E-state index is 6.67. The van der Waals surface area contributed by atoms with Gasteiger partial charge in [0.2, 0.25) is 0 Å². The Labute approximate surface area is 226 Å². The van der Waals surface area contributed by atoms with Crippen LogP contribution in [0.25, 0.3) is 33.8 Å². The fourth-order valence-electron chi connectivity index (χ4n) is 5.22. The molecule has 0 spiro atoms. The molecule has 1 aliphatic heterocycles.